The highest BCUT2D eigenvalue weighted by Gasteiger charge is 2.35. The maximum absolute atomic E-state index is 5.68. The minimum Gasteiger partial charge on any atom is -0.382 e. The van der Waals surface area contributed by atoms with Crippen LogP contribution in [0.2, 0.25) is 0 Å². The van der Waals surface area contributed by atoms with Crippen molar-refractivity contribution in [2.24, 2.45) is 5.41 Å². The Bertz CT molecular complexity index is 98.0. The second-order valence-electron chi connectivity index (χ2n) is 3.26. The molecule has 1 saturated heterocycles. The molecule has 80 valence electrons. The first-order valence-corrected chi connectivity index (χ1v) is 5.49. The molecule has 0 saturated carbocycles. The van der Waals surface area contributed by atoms with Crippen molar-refractivity contribution >= 4 is 11.6 Å². The fourth-order valence-corrected chi connectivity index (χ4v) is 1.31. The standard InChI is InChI=1S/C6H11ClO.C4H10O/c1-2-6(3-7)4-8-5-6;1-3-5-4-2/h2-5H2,1H3;3-4H2,1-2H3. The molecule has 0 aromatic rings. The lowest BCUT2D eigenvalue weighted by molar-refractivity contribution is -0.100. The molecule has 1 fully saturated rings. The zero-order valence-corrected chi connectivity index (χ0v) is 9.69. The minimum atomic E-state index is 0.349. The van der Waals surface area contributed by atoms with Gasteiger partial charge in [0.1, 0.15) is 0 Å². The van der Waals surface area contributed by atoms with Crippen LogP contribution in [0.5, 0.6) is 0 Å². The molecule has 1 heterocycles. The zero-order valence-electron chi connectivity index (χ0n) is 8.94. The summed E-state index contributed by atoms with van der Waals surface area (Å²) in [6.45, 7) is 9.56. The number of hydrogen-bond donors (Lipinski definition) is 0. The van der Waals surface area contributed by atoms with E-state index in [1.807, 2.05) is 13.8 Å². The molecule has 0 atom stereocenters. The first-order valence-electron chi connectivity index (χ1n) is 4.96. The molecule has 0 unspecified atom stereocenters. The van der Waals surface area contributed by atoms with Gasteiger partial charge in [-0.15, -0.1) is 11.6 Å². The Balaban J connectivity index is 0.000000252. The van der Waals surface area contributed by atoms with Crippen molar-refractivity contribution in [2.75, 3.05) is 32.3 Å². The van der Waals surface area contributed by atoms with Crippen LogP contribution in [-0.4, -0.2) is 32.3 Å². The van der Waals surface area contributed by atoms with Gasteiger partial charge in [-0.2, -0.15) is 0 Å². The molecule has 13 heavy (non-hydrogen) atoms. The van der Waals surface area contributed by atoms with E-state index in [9.17, 15) is 0 Å². The van der Waals surface area contributed by atoms with Crippen molar-refractivity contribution in [3.05, 3.63) is 0 Å². The van der Waals surface area contributed by atoms with Crippen molar-refractivity contribution in [1.82, 2.24) is 0 Å². The van der Waals surface area contributed by atoms with Crippen LogP contribution in [-0.2, 0) is 9.47 Å². The lowest BCUT2D eigenvalue weighted by Crippen LogP contribution is -2.43. The highest BCUT2D eigenvalue weighted by Crippen LogP contribution is 2.31. The Kier molecular flexibility index (Phi) is 7.72. The second-order valence-corrected chi connectivity index (χ2v) is 3.53. The first kappa shape index (κ1) is 13.2. The number of ether oxygens (including phenoxy) is 2. The van der Waals surface area contributed by atoms with Gasteiger partial charge in [-0.05, 0) is 20.3 Å². The lowest BCUT2D eigenvalue weighted by Gasteiger charge is -2.38. The first-order chi connectivity index (χ1) is 6.24. The molecular weight excluding hydrogens is 188 g/mol. The molecule has 0 aromatic carbocycles. The summed E-state index contributed by atoms with van der Waals surface area (Å²) in [6.07, 6.45) is 1.15. The molecular formula is C10H21ClO2. The van der Waals surface area contributed by atoms with Gasteiger partial charge in [0.05, 0.1) is 13.2 Å². The van der Waals surface area contributed by atoms with Crippen LogP contribution in [0.4, 0.5) is 0 Å². The van der Waals surface area contributed by atoms with Gasteiger partial charge in [-0.1, -0.05) is 6.92 Å². The maximum atomic E-state index is 5.68. The monoisotopic (exact) mass is 208 g/mol. The molecule has 0 N–H and O–H groups in total. The van der Waals surface area contributed by atoms with Crippen molar-refractivity contribution in [2.45, 2.75) is 27.2 Å². The van der Waals surface area contributed by atoms with Crippen molar-refractivity contribution in [1.29, 1.82) is 0 Å². The van der Waals surface area contributed by atoms with Crippen LogP contribution in [0.1, 0.15) is 27.2 Å². The fraction of sp³-hybridized carbons (Fsp3) is 1.00. The Morgan fingerprint density at radius 3 is 1.77 bits per heavy atom. The van der Waals surface area contributed by atoms with Gasteiger partial charge < -0.3 is 9.47 Å². The normalized spacial score (nSPS) is 18.5. The highest BCUT2D eigenvalue weighted by molar-refractivity contribution is 6.18. The van der Waals surface area contributed by atoms with E-state index in [0.717, 1.165) is 38.7 Å². The van der Waals surface area contributed by atoms with Crippen LogP contribution in [0.25, 0.3) is 0 Å². The Morgan fingerprint density at radius 1 is 1.23 bits per heavy atom. The van der Waals surface area contributed by atoms with Gasteiger partial charge in [0.2, 0.25) is 0 Å². The summed E-state index contributed by atoms with van der Waals surface area (Å²) in [4.78, 5) is 0. The van der Waals surface area contributed by atoms with Gasteiger partial charge in [-0.25, -0.2) is 0 Å². The van der Waals surface area contributed by atoms with Crippen molar-refractivity contribution in [3.8, 4) is 0 Å². The predicted octanol–water partition coefficient (Wildman–Crippen LogP) is 2.69. The topological polar surface area (TPSA) is 18.5 Å². The van der Waals surface area contributed by atoms with E-state index >= 15 is 0 Å². The van der Waals surface area contributed by atoms with Crippen LogP contribution < -0.4 is 0 Å². The molecule has 1 rings (SSSR count). The summed E-state index contributed by atoms with van der Waals surface area (Å²) in [7, 11) is 0. The summed E-state index contributed by atoms with van der Waals surface area (Å²) in [6, 6.07) is 0. The summed E-state index contributed by atoms with van der Waals surface area (Å²) in [5.41, 5.74) is 0.349. The van der Waals surface area contributed by atoms with Crippen LogP contribution in [0.3, 0.4) is 0 Å². The fourth-order valence-electron chi connectivity index (χ4n) is 0.971. The van der Waals surface area contributed by atoms with Crippen molar-refractivity contribution < 1.29 is 9.47 Å². The molecule has 2 nitrogen and oxygen atoms in total. The van der Waals surface area contributed by atoms with E-state index in [1.165, 1.54) is 0 Å². The minimum absolute atomic E-state index is 0.349. The Hall–Kier alpha value is 0.210. The average Bonchev–Trinajstić information content (AvgIpc) is 2.07. The van der Waals surface area contributed by atoms with E-state index < -0.39 is 0 Å². The van der Waals surface area contributed by atoms with Crippen molar-refractivity contribution in [3.63, 3.8) is 0 Å². The maximum Gasteiger partial charge on any atom is 0.0556 e. The summed E-state index contributed by atoms with van der Waals surface area (Å²) < 4.78 is 9.87. The van der Waals surface area contributed by atoms with E-state index in [4.69, 9.17) is 21.1 Å². The molecule has 0 bridgehead atoms. The van der Waals surface area contributed by atoms with E-state index in [1.54, 1.807) is 0 Å². The third kappa shape index (κ3) is 4.84. The average molecular weight is 209 g/mol. The Morgan fingerprint density at radius 2 is 1.77 bits per heavy atom. The second kappa shape index (κ2) is 7.60. The van der Waals surface area contributed by atoms with Gasteiger partial charge in [0.25, 0.3) is 0 Å². The number of alkyl halides is 1. The van der Waals surface area contributed by atoms with E-state index in [2.05, 4.69) is 6.92 Å². The number of rotatable bonds is 4. The third-order valence-corrected chi connectivity index (χ3v) is 2.83. The van der Waals surface area contributed by atoms with Crippen LogP contribution in [0.15, 0.2) is 0 Å². The SMILES string of the molecule is CCC1(CCl)COC1.CCOCC. The molecule has 0 amide bonds. The molecule has 0 aromatic heterocycles. The van der Waals surface area contributed by atoms with Gasteiger partial charge in [-0.3, -0.25) is 0 Å². The third-order valence-electron chi connectivity index (χ3n) is 2.26. The van der Waals surface area contributed by atoms with Gasteiger partial charge >= 0.3 is 0 Å². The molecule has 1 aliphatic heterocycles. The number of hydrogen-bond acceptors (Lipinski definition) is 2. The summed E-state index contributed by atoms with van der Waals surface area (Å²) >= 11 is 5.68. The quantitative estimate of drug-likeness (QED) is 0.662. The van der Waals surface area contributed by atoms with Gasteiger partial charge in [0, 0.05) is 24.5 Å². The van der Waals surface area contributed by atoms with Gasteiger partial charge in [0.15, 0.2) is 0 Å². The summed E-state index contributed by atoms with van der Waals surface area (Å²) in [5.74, 6) is 0.753. The van der Waals surface area contributed by atoms with Crippen LogP contribution in [0, 0.1) is 5.41 Å². The Labute approximate surface area is 86.6 Å². The highest BCUT2D eigenvalue weighted by atomic mass is 35.5. The molecule has 0 spiro atoms. The summed E-state index contributed by atoms with van der Waals surface area (Å²) in [5, 5.41) is 0. The predicted molar refractivity (Wildman–Crippen MR) is 56.4 cm³/mol. The molecule has 1 aliphatic rings. The van der Waals surface area contributed by atoms with Crippen LogP contribution >= 0.6 is 11.6 Å². The largest absolute Gasteiger partial charge is 0.382 e. The number of halogens is 1. The molecule has 3 heteroatoms. The van der Waals surface area contributed by atoms with E-state index in [0.29, 0.717) is 5.41 Å². The smallest absolute Gasteiger partial charge is 0.0556 e. The molecule has 0 radical (unpaired) electrons. The molecule has 0 aliphatic carbocycles. The zero-order chi connectivity index (χ0) is 10.2. The lowest BCUT2D eigenvalue weighted by atomic mass is 9.86. The van der Waals surface area contributed by atoms with E-state index in [-0.39, 0.29) is 0 Å².